The Hall–Kier alpha value is -2.33. The maximum atomic E-state index is 12.5. The Balaban J connectivity index is 1.54. The summed E-state index contributed by atoms with van der Waals surface area (Å²) < 4.78 is 5.18. The van der Waals surface area contributed by atoms with Crippen molar-refractivity contribution in [2.45, 2.75) is 38.6 Å². The van der Waals surface area contributed by atoms with Gasteiger partial charge in [0.1, 0.15) is 5.75 Å². The van der Waals surface area contributed by atoms with Crippen molar-refractivity contribution in [3.8, 4) is 5.75 Å². The molecule has 150 valence electrons. The highest BCUT2D eigenvalue weighted by molar-refractivity contribution is 5.76. The van der Waals surface area contributed by atoms with Crippen LogP contribution in [-0.2, 0) is 11.2 Å². The number of likely N-dealkylation sites (tertiary alicyclic amines) is 1. The fourth-order valence-corrected chi connectivity index (χ4v) is 3.82. The van der Waals surface area contributed by atoms with Gasteiger partial charge in [0.15, 0.2) is 0 Å². The van der Waals surface area contributed by atoms with Crippen molar-refractivity contribution < 1.29 is 9.53 Å². The lowest BCUT2D eigenvalue weighted by molar-refractivity contribution is -0.121. The number of amides is 1. The zero-order valence-corrected chi connectivity index (χ0v) is 17.1. The minimum absolute atomic E-state index is 0.113. The van der Waals surface area contributed by atoms with E-state index in [1.165, 1.54) is 18.4 Å². The predicted molar refractivity (Wildman–Crippen MR) is 113 cm³/mol. The molecule has 1 N–H and O–H groups in total. The van der Waals surface area contributed by atoms with Gasteiger partial charge in [0.2, 0.25) is 5.91 Å². The van der Waals surface area contributed by atoms with E-state index in [-0.39, 0.29) is 11.9 Å². The van der Waals surface area contributed by atoms with Crippen LogP contribution in [0, 0.1) is 5.92 Å². The second kappa shape index (κ2) is 10.3. The van der Waals surface area contributed by atoms with Crippen LogP contribution in [0.3, 0.4) is 0 Å². The molecule has 0 spiro atoms. The maximum Gasteiger partial charge on any atom is 0.220 e. The molecule has 1 aliphatic heterocycles. The van der Waals surface area contributed by atoms with Crippen LogP contribution in [0.25, 0.3) is 0 Å². The molecule has 2 aromatic carbocycles. The Labute approximate surface area is 168 Å². The molecule has 0 saturated carbocycles. The number of carbonyl (C=O) groups is 1. The molecule has 1 aliphatic rings. The highest BCUT2D eigenvalue weighted by Gasteiger charge is 2.24. The van der Waals surface area contributed by atoms with Crippen molar-refractivity contribution >= 4 is 5.91 Å². The van der Waals surface area contributed by atoms with E-state index in [4.69, 9.17) is 4.74 Å². The third-order valence-corrected chi connectivity index (χ3v) is 5.74. The Morgan fingerprint density at radius 2 is 1.79 bits per heavy atom. The number of ether oxygens (including phenoxy) is 1. The molecule has 4 heteroatoms. The van der Waals surface area contributed by atoms with Crippen molar-refractivity contribution in [2.75, 3.05) is 26.7 Å². The Morgan fingerprint density at radius 1 is 1.11 bits per heavy atom. The topological polar surface area (TPSA) is 41.6 Å². The second-order valence-corrected chi connectivity index (χ2v) is 7.80. The van der Waals surface area contributed by atoms with E-state index < -0.39 is 0 Å². The van der Waals surface area contributed by atoms with E-state index in [0.29, 0.717) is 13.0 Å². The zero-order chi connectivity index (χ0) is 19.8. The molecule has 0 bridgehead atoms. The summed E-state index contributed by atoms with van der Waals surface area (Å²) in [4.78, 5) is 15.0. The number of carbonyl (C=O) groups excluding carboxylic acids is 1. The van der Waals surface area contributed by atoms with E-state index in [1.54, 1.807) is 7.11 Å². The number of piperidine rings is 1. The molecule has 2 aromatic rings. The van der Waals surface area contributed by atoms with Gasteiger partial charge in [-0.25, -0.2) is 0 Å². The number of methoxy groups -OCH3 is 1. The quantitative estimate of drug-likeness (QED) is 0.746. The standard InChI is InChI=1S/C24H32N2O2/c1-19-14-16-26(17-15-19)23(21-6-4-3-5-7-21)18-25-24(27)13-10-20-8-11-22(28-2)12-9-20/h3-9,11-12,19,23H,10,13-18H2,1-2H3,(H,25,27). The first kappa shape index (κ1) is 20.4. The molecule has 1 atom stereocenters. The fraction of sp³-hybridized carbons (Fsp3) is 0.458. The summed E-state index contributed by atoms with van der Waals surface area (Å²) in [5.41, 5.74) is 2.44. The summed E-state index contributed by atoms with van der Waals surface area (Å²) in [5.74, 6) is 1.75. The van der Waals surface area contributed by atoms with Crippen molar-refractivity contribution in [1.29, 1.82) is 0 Å². The van der Waals surface area contributed by atoms with Gasteiger partial charge < -0.3 is 10.1 Å². The number of nitrogens with one attached hydrogen (secondary N) is 1. The van der Waals surface area contributed by atoms with Gasteiger partial charge >= 0.3 is 0 Å². The first-order valence-electron chi connectivity index (χ1n) is 10.3. The van der Waals surface area contributed by atoms with Gasteiger partial charge in [-0.2, -0.15) is 0 Å². The van der Waals surface area contributed by atoms with Gasteiger partial charge in [-0.3, -0.25) is 9.69 Å². The van der Waals surface area contributed by atoms with E-state index >= 15 is 0 Å². The molecule has 1 fully saturated rings. The molecule has 0 aromatic heterocycles. The summed E-state index contributed by atoms with van der Waals surface area (Å²) >= 11 is 0. The smallest absolute Gasteiger partial charge is 0.220 e. The average Bonchev–Trinajstić information content (AvgIpc) is 2.75. The van der Waals surface area contributed by atoms with Gasteiger partial charge in [-0.15, -0.1) is 0 Å². The van der Waals surface area contributed by atoms with Crippen LogP contribution in [0.15, 0.2) is 54.6 Å². The summed E-state index contributed by atoms with van der Waals surface area (Å²) in [6.07, 6.45) is 3.71. The van der Waals surface area contributed by atoms with Crippen molar-refractivity contribution in [3.63, 3.8) is 0 Å². The molecular formula is C24H32N2O2. The predicted octanol–water partition coefficient (Wildman–Crippen LogP) is 4.22. The first-order valence-corrected chi connectivity index (χ1v) is 10.3. The van der Waals surface area contributed by atoms with Crippen LogP contribution in [0.4, 0.5) is 0 Å². The van der Waals surface area contributed by atoms with Crippen LogP contribution in [0.1, 0.15) is 43.4 Å². The Kier molecular flexibility index (Phi) is 7.49. The van der Waals surface area contributed by atoms with Crippen LogP contribution in [0.2, 0.25) is 0 Å². The molecule has 1 unspecified atom stereocenters. The van der Waals surface area contributed by atoms with Crippen molar-refractivity contribution in [2.24, 2.45) is 5.92 Å². The van der Waals surface area contributed by atoms with Crippen LogP contribution in [0.5, 0.6) is 5.75 Å². The average molecular weight is 381 g/mol. The maximum absolute atomic E-state index is 12.5. The van der Waals surface area contributed by atoms with Gasteiger partial charge in [0, 0.05) is 13.0 Å². The molecular weight excluding hydrogens is 348 g/mol. The van der Waals surface area contributed by atoms with E-state index in [1.807, 2.05) is 30.3 Å². The Bertz CT molecular complexity index is 722. The van der Waals surface area contributed by atoms with Gasteiger partial charge in [0.05, 0.1) is 13.2 Å². The van der Waals surface area contributed by atoms with Gasteiger partial charge in [-0.1, -0.05) is 49.4 Å². The van der Waals surface area contributed by atoms with Crippen LogP contribution >= 0.6 is 0 Å². The Morgan fingerprint density at radius 3 is 2.43 bits per heavy atom. The number of hydrogen-bond donors (Lipinski definition) is 1. The normalized spacial score (nSPS) is 16.5. The lowest BCUT2D eigenvalue weighted by Gasteiger charge is -2.37. The van der Waals surface area contributed by atoms with Crippen LogP contribution < -0.4 is 10.1 Å². The highest BCUT2D eigenvalue weighted by atomic mass is 16.5. The molecule has 0 radical (unpaired) electrons. The molecule has 3 rings (SSSR count). The minimum Gasteiger partial charge on any atom is -0.497 e. The number of nitrogens with zero attached hydrogens (tertiary/aromatic N) is 1. The largest absolute Gasteiger partial charge is 0.497 e. The fourth-order valence-electron chi connectivity index (χ4n) is 3.82. The minimum atomic E-state index is 0.113. The van der Waals surface area contributed by atoms with E-state index in [0.717, 1.165) is 36.7 Å². The summed E-state index contributed by atoms with van der Waals surface area (Å²) in [6.45, 7) is 5.19. The van der Waals surface area contributed by atoms with Crippen molar-refractivity contribution in [3.05, 3.63) is 65.7 Å². The summed E-state index contributed by atoms with van der Waals surface area (Å²) in [5, 5.41) is 3.18. The lowest BCUT2D eigenvalue weighted by Crippen LogP contribution is -2.42. The summed E-state index contributed by atoms with van der Waals surface area (Å²) in [6, 6.07) is 18.7. The van der Waals surface area contributed by atoms with E-state index in [2.05, 4.69) is 41.4 Å². The summed E-state index contributed by atoms with van der Waals surface area (Å²) in [7, 11) is 1.66. The number of rotatable bonds is 8. The number of benzene rings is 2. The van der Waals surface area contributed by atoms with Crippen molar-refractivity contribution in [1.82, 2.24) is 10.2 Å². The third-order valence-electron chi connectivity index (χ3n) is 5.74. The monoisotopic (exact) mass is 380 g/mol. The third kappa shape index (κ3) is 5.83. The molecule has 1 amide bonds. The molecule has 1 saturated heterocycles. The number of aryl methyl sites for hydroxylation is 1. The number of hydrogen-bond acceptors (Lipinski definition) is 3. The lowest BCUT2D eigenvalue weighted by atomic mass is 9.95. The first-order chi connectivity index (χ1) is 13.7. The van der Waals surface area contributed by atoms with E-state index in [9.17, 15) is 4.79 Å². The van der Waals surface area contributed by atoms with Crippen LogP contribution in [-0.4, -0.2) is 37.6 Å². The van der Waals surface area contributed by atoms with Gasteiger partial charge in [0.25, 0.3) is 0 Å². The second-order valence-electron chi connectivity index (χ2n) is 7.80. The molecule has 0 aliphatic carbocycles. The highest BCUT2D eigenvalue weighted by Crippen LogP contribution is 2.26. The molecule has 28 heavy (non-hydrogen) atoms. The van der Waals surface area contributed by atoms with Gasteiger partial charge in [-0.05, 0) is 61.5 Å². The molecule has 1 heterocycles. The zero-order valence-electron chi connectivity index (χ0n) is 17.1. The molecule has 4 nitrogen and oxygen atoms in total. The SMILES string of the molecule is COc1ccc(CCC(=O)NCC(c2ccccc2)N2CCC(C)CC2)cc1.